The maximum Gasteiger partial charge on any atom is 0.0621 e. The van der Waals surface area contributed by atoms with Gasteiger partial charge in [0, 0.05) is 6.42 Å². The fourth-order valence-corrected chi connectivity index (χ4v) is 0.450. The molecule has 0 rings (SSSR count). The van der Waals surface area contributed by atoms with Crippen LogP contribution in [0.25, 0.3) is 0 Å². The van der Waals surface area contributed by atoms with Crippen molar-refractivity contribution in [2.45, 2.75) is 25.7 Å². The van der Waals surface area contributed by atoms with Gasteiger partial charge < -0.3 is 5.41 Å². The van der Waals surface area contributed by atoms with Crippen molar-refractivity contribution in [2.24, 2.45) is 0 Å². The van der Waals surface area contributed by atoms with E-state index < -0.39 is 0 Å². The summed E-state index contributed by atoms with van der Waals surface area (Å²) in [5.41, 5.74) is 0. The number of hydrogen-bond acceptors (Lipinski definition) is 2. The summed E-state index contributed by atoms with van der Waals surface area (Å²) in [7, 11) is 0. The zero-order chi connectivity index (χ0) is 6.24. The lowest BCUT2D eigenvalue weighted by molar-refractivity contribution is 0.788. The molecule has 0 amide bonds. The van der Waals surface area contributed by atoms with E-state index in [0.717, 1.165) is 19.3 Å². The van der Waals surface area contributed by atoms with E-state index in [0.29, 0.717) is 6.42 Å². The highest BCUT2D eigenvalue weighted by Crippen LogP contribution is 1.94. The van der Waals surface area contributed by atoms with Crippen LogP contribution in [0.1, 0.15) is 25.7 Å². The summed E-state index contributed by atoms with van der Waals surface area (Å²) in [6.45, 7) is 0. The van der Waals surface area contributed by atoms with Gasteiger partial charge in [0.05, 0.1) is 6.07 Å². The van der Waals surface area contributed by atoms with Crippen molar-refractivity contribution in [3.05, 3.63) is 0 Å². The van der Waals surface area contributed by atoms with Crippen LogP contribution in [0, 0.1) is 16.7 Å². The van der Waals surface area contributed by atoms with Crippen LogP contribution in [0.5, 0.6) is 0 Å². The molecule has 0 fully saturated rings. The first-order valence-corrected chi connectivity index (χ1v) is 2.77. The second-order valence-electron chi connectivity index (χ2n) is 1.61. The van der Waals surface area contributed by atoms with Gasteiger partial charge in [-0.2, -0.15) is 5.26 Å². The Morgan fingerprint density at radius 2 is 2.25 bits per heavy atom. The van der Waals surface area contributed by atoms with Gasteiger partial charge in [0.25, 0.3) is 0 Å². The topological polar surface area (TPSA) is 47.6 Å². The second kappa shape index (κ2) is 6.16. The van der Waals surface area contributed by atoms with E-state index >= 15 is 0 Å². The third-order valence-corrected chi connectivity index (χ3v) is 0.887. The molecule has 0 saturated heterocycles. The minimum absolute atomic E-state index is 0.633. The first-order valence-electron chi connectivity index (χ1n) is 2.77. The molecule has 8 heavy (non-hydrogen) atoms. The molecule has 0 unspecified atom stereocenters. The van der Waals surface area contributed by atoms with Gasteiger partial charge in [0.1, 0.15) is 0 Å². The Hall–Kier alpha value is -0.840. The van der Waals surface area contributed by atoms with Crippen LogP contribution in [0.3, 0.4) is 0 Å². The van der Waals surface area contributed by atoms with Gasteiger partial charge in [-0.15, -0.1) is 0 Å². The highest BCUT2D eigenvalue weighted by molar-refractivity contribution is 5.52. The van der Waals surface area contributed by atoms with Gasteiger partial charge in [0.15, 0.2) is 0 Å². The van der Waals surface area contributed by atoms with E-state index in [9.17, 15) is 0 Å². The van der Waals surface area contributed by atoms with Crippen molar-refractivity contribution >= 4 is 6.21 Å². The highest BCUT2D eigenvalue weighted by atomic mass is 14.3. The zero-order valence-corrected chi connectivity index (χ0v) is 4.85. The molecule has 1 N–H and O–H groups in total. The molecule has 0 radical (unpaired) electrons. The van der Waals surface area contributed by atoms with Crippen molar-refractivity contribution in [3.63, 3.8) is 0 Å². The van der Waals surface area contributed by atoms with Crippen LogP contribution in [0.15, 0.2) is 0 Å². The Balaban J connectivity index is 2.74. The number of nitrogens with zero attached hydrogens (tertiary/aromatic N) is 1. The fourth-order valence-electron chi connectivity index (χ4n) is 0.450. The van der Waals surface area contributed by atoms with Crippen molar-refractivity contribution in [2.75, 3.05) is 0 Å². The van der Waals surface area contributed by atoms with Crippen molar-refractivity contribution in [1.82, 2.24) is 0 Å². The van der Waals surface area contributed by atoms with Gasteiger partial charge in [-0.25, -0.2) is 0 Å². The van der Waals surface area contributed by atoms with Crippen molar-refractivity contribution < 1.29 is 0 Å². The Labute approximate surface area is 49.6 Å². The summed E-state index contributed by atoms with van der Waals surface area (Å²) in [4.78, 5) is 0. The molecule has 0 atom stereocenters. The summed E-state index contributed by atoms with van der Waals surface area (Å²) in [6.07, 6.45) is 4.76. The summed E-state index contributed by atoms with van der Waals surface area (Å²) in [5, 5.41) is 14.7. The molecule has 0 aliphatic rings. The fraction of sp³-hybridized carbons (Fsp3) is 0.667. The number of hydrogen-bond donors (Lipinski definition) is 1. The van der Waals surface area contributed by atoms with Crippen LogP contribution in [0.4, 0.5) is 0 Å². The molecule has 0 aromatic heterocycles. The molecular weight excluding hydrogens is 100 g/mol. The van der Waals surface area contributed by atoms with Crippen LogP contribution in [0.2, 0.25) is 0 Å². The van der Waals surface area contributed by atoms with Gasteiger partial charge in [0.2, 0.25) is 0 Å². The molecule has 0 aliphatic heterocycles. The Kier molecular flexibility index (Phi) is 5.51. The Bertz CT molecular complexity index is 91.2. The lowest BCUT2D eigenvalue weighted by Crippen LogP contribution is -1.74. The molecule has 0 aromatic rings. The second-order valence-corrected chi connectivity index (χ2v) is 1.61. The lowest BCUT2D eigenvalue weighted by atomic mass is 10.2. The van der Waals surface area contributed by atoms with Crippen LogP contribution >= 0.6 is 0 Å². The normalized spacial score (nSPS) is 7.88. The largest absolute Gasteiger partial charge is 0.313 e. The van der Waals surface area contributed by atoms with Crippen LogP contribution < -0.4 is 0 Å². The number of nitriles is 1. The predicted molar refractivity (Wildman–Crippen MR) is 32.9 cm³/mol. The Morgan fingerprint density at radius 1 is 1.50 bits per heavy atom. The summed E-state index contributed by atoms with van der Waals surface area (Å²) in [5.74, 6) is 0. The third-order valence-electron chi connectivity index (χ3n) is 0.887. The first kappa shape index (κ1) is 7.16. The maximum absolute atomic E-state index is 8.06. The van der Waals surface area contributed by atoms with Gasteiger partial charge in [-0.1, -0.05) is 0 Å². The minimum Gasteiger partial charge on any atom is -0.313 e. The molecule has 0 spiro atoms. The molecule has 0 aromatic carbocycles. The third kappa shape index (κ3) is 5.16. The first-order chi connectivity index (χ1) is 3.91. The van der Waals surface area contributed by atoms with E-state index in [1.807, 2.05) is 0 Å². The molecule has 44 valence electrons. The number of nitrogens with one attached hydrogen (secondary N) is 1. The number of rotatable bonds is 4. The molecule has 0 heterocycles. The van der Waals surface area contributed by atoms with Crippen molar-refractivity contribution in [1.29, 1.82) is 10.7 Å². The van der Waals surface area contributed by atoms with Gasteiger partial charge >= 0.3 is 0 Å². The predicted octanol–water partition coefficient (Wildman–Crippen LogP) is 1.72. The molecule has 2 heteroatoms. The summed E-state index contributed by atoms with van der Waals surface area (Å²) >= 11 is 0. The smallest absolute Gasteiger partial charge is 0.0621 e. The summed E-state index contributed by atoms with van der Waals surface area (Å²) in [6, 6.07) is 2.05. The van der Waals surface area contributed by atoms with E-state index in [2.05, 4.69) is 6.07 Å². The quantitative estimate of drug-likeness (QED) is 0.434. The van der Waals surface area contributed by atoms with E-state index in [1.54, 1.807) is 0 Å². The zero-order valence-electron chi connectivity index (χ0n) is 4.85. The lowest BCUT2D eigenvalue weighted by Gasteiger charge is -1.85. The average molecular weight is 110 g/mol. The SMILES string of the molecule is N#CCCCCC=N. The van der Waals surface area contributed by atoms with Gasteiger partial charge in [-0.05, 0) is 25.5 Å². The van der Waals surface area contributed by atoms with Crippen LogP contribution in [-0.4, -0.2) is 6.21 Å². The summed E-state index contributed by atoms with van der Waals surface area (Å²) < 4.78 is 0. The van der Waals surface area contributed by atoms with E-state index in [-0.39, 0.29) is 0 Å². The molecule has 2 nitrogen and oxygen atoms in total. The minimum atomic E-state index is 0.633. The van der Waals surface area contributed by atoms with E-state index in [1.165, 1.54) is 6.21 Å². The number of unbranched alkanes of at least 4 members (excludes halogenated alkanes) is 3. The average Bonchev–Trinajstić information content (AvgIpc) is 1.81. The molecular formula is C6H10N2. The molecule has 0 bridgehead atoms. The monoisotopic (exact) mass is 110 g/mol. The Morgan fingerprint density at radius 3 is 2.75 bits per heavy atom. The standard InChI is InChI=1S/C6H10N2/c7-5-3-1-2-4-6-8/h5,7H,1-4H2. The van der Waals surface area contributed by atoms with E-state index in [4.69, 9.17) is 10.7 Å². The molecule has 0 aliphatic carbocycles. The van der Waals surface area contributed by atoms with Gasteiger partial charge in [-0.3, -0.25) is 0 Å². The molecule has 0 saturated carbocycles. The highest BCUT2D eigenvalue weighted by Gasteiger charge is 1.81. The maximum atomic E-state index is 8.06. The van der Waals surface area contributed by atoms with Crippen LogP contribution in [-0.2, 0) is 0 Å². The van der Waals surface area contributed by atoms with Crippen molar-refractivity contribution in [3.8, 4) is 6.07 Å².